The Hall–Kier alpha value is -2.60. The summed E-state index contributed by atoms with van der Waals surface area (Å²) in [5, 5.41) is 3.77. The van der Waals surface area contributed by atoms with Crippen molar-refractivity contribution < 1.29 is 9.59 Å². The van der Waals surface area contributed by atoms with Gasteiger partial charge in [-0.25, -0.2) is 0 Å². The molecule has 2 amide bonds. The quantitative estimate of drug-likeness (QED) is 0.823. The van der Waals surface area contributed by atoms with E-state index >= 15 is 0 Å². The molecule has 0 spiro atoms. The van der Waals surface area contributed by atoms with E-state index in [0.717, 1.165) is 0 Å². The third-order valence-electron chi connectivity index (χ3n) is 4.34. The highest BCUT2D eigenvalue weighted by atomic mass is 35.5. The fourth-order valence-electron chi connectivity index (χ4n) is 2.99. The minimum Gasteiger partial charge on any atom is -0.350 e. The predicted octanol–water partition coefficient (Wildman–Crippen LogP) is 2.09. The molecule has 3 rings (SSSR count). The molecule has 0 radical (unpaired) electrons. The molecule has 0 unspecified atom stereocenters. The molecule has 6 nitrogen and oxygen atoms in total. The topological polar surface area (TPSA) is 82.3 Å². The number of hydrogen-bond acceptors (Lipinski definition) is 3. The molecule has 1 aromatic carbocycles. The number of H-pyrrole nitrogens is 1. The largest absolute Gasteiger partial charge is 0.350 e. The van der Waals surface area contributed by atoms with Crippen LogP contribution in [0.3, 0.4) is 0 Å². The number of benzene rings is 1. The van der Waals surface area contributed by atoms with Crippen molar-refractivity contribution in [2.24, 2.45) is 0 Å². The van der Waals surface area contributed by atoms with Crippen molar-refractivity contribution in [2.45, 2.75) is 18.9 Å². The summed E-state index contributed by atoms with van der Waals surface area (Å²) in [5.41, 5.74) is 0.592. The number of likely N-dealkylation sites (tertiary alicyclic amines) is 1. The monoisotopic (exact) mass is 359 g/mol. The highest BCUT2D eigenvalue weighted by Crippen LogP contribution is 2.17. The lowest BCUT2D eigenvalue weighted by molar-refractivity contribution is -0.117. The number of rotatable bonds is 3. The average Bonchev–Trinajstić information content (AvgIpc) is 2.62. The Kier molecular flexibility index (Phi) is 4.90. The summed E-state index contributed by atoms with van der Waals surface area (Å²) in [7, 11) is 0. The van der Waals surface area contributed by atoms with E-state index in [0.29, 0.717) is 41.9 Å². The van der Waals surface area contributed by atoms with Crippen LogP contribution in [0.2, 0.25) is 5.02 Å². The fraction of sp³-hybridized carbons (Fsp3) is 0.278. The maximum Gasteiger partial charge on any atom is 0.270 e. The zero-order valence-corrected chi connectivity index (χ0v) is 14.3. The van der Waals surface area contributed by atoms with Crippen LogP contribution in [-0.2, 0) is 4.79 Å². The normalized spacial score (nSPS) is 15.2. The van der Waals surface area contributed by atoms with Crippen LogP contribution in [0.15, 0.2) is 41.7 Å². The van der Waals surface area contributed by atoms with Crippen LogP contribution in [0.4, 0.5) is 0 Å². The maximum absolute atomic E-state index is 12.7. The number of nitrogens with zero attached hydrogens (tertiary/aromatic N) is 1. The molecule has 1 aromatic heterocycles. The molecule has 0 atom stereocenters. The molecule has 1 saturated heterocycles. The van der Waals surface area contributed by atoms with E-state index < -0.39 is 0 Å². The van der Waals surface area contributed by atoms with Crippen molar-refractivity contribution >= 4 is 34.3 Å². The van der Waals surface area contributed by atoms with Crippen LogP contribution in [0.25, 0.3) is 10.9 Å². The number of pyridine rings is 1. The second-order valence-corrected chi connectivity index (χ2v) is 6.45. The highest BCUT2D eigenvalue weighted by molar-refractivity contribution is 6.31. The molecule has 25 heavy (non-hydrogen) atoms. The number of nitrogens with one attached hydrogen (secondary N) is 2. The van der Waals surface area contributed by atoms with Crippen LogP contribution < -0.4 is 10.7 Å². The van der Waals surface area contributed by atoms with E-state index in [2.05, 4.69) is 16.9 Å². The van der Waals surface area contributed by atoms with E-state index in [-0.39, 0.29) is 29.0 Å². The van der Waals surface area contributed by atoms with Crippen molar-refractivity contribution in [1.29, 1.82) is 0 Å². The molecule has 130 valence electrons. The number of amides is 2. The Morgan fingerprint density at radius 3 is 2.68 bits per heavy atom. The number of hydrogen-bond donors (Lipinski definition) is 2. The van der Waals surface area contributed by atoms with Crippen LogP contribution in [-0.4, -0.2) is 40.8 Å². The van der Waals surface area contributed by atoms with Crippen LogP contribution in [0, 0.1) is 0 Å². The molecule has 2 heterocycles. The predicted molar refractivity (Wildman–Crippen MR) is 96.8 cm³/mol. The lowest BCUT2D eigenvalue weighted by Gasteiger charge is -2.32. The van der Waals surface area contributed by atoms with E-state index in [1.807, 2.05) is 0 Å². The molecule has 1 aliphatic rings. The minimum atomic E-state index is -0.243. The van der Waals surface area contributed by atoms with E-state index in [4.69, 9.17) is 11.6 Å². The standard InChI is InChI=1S/C18H18ClN3O3/c1-2-17(24)20-12-5-7-22(8-6-12)18(25)15-10-16(23)13-9-11(19)3-4-14(13)21-15/h2-4,9-10,12H,1,5-8H2,(H,20,24)(H,21,23). The van der Waals surface area contributed by atoms with Crippen molar-refractivity contribution in [3.05, 3.63) is 57.9 Å². The first-order chi connectivity index (χ1) is 12.0. The van der Waals surface area contributed by atoms with Gasteiger partial charge in [0.1, 0.15) is 5.69 Å². The summed E-state index contributed by atoms with van der Waals surface area (Å²) < 4.78 is 0. The maximum atomic E-state index is 12.7. The van der Waals surface area contributed by atoms with Gasteiger partial charge in [-0.2, -0.15) is 0 Å². The molecule has 0 aliphatic carbocycles. The van der Waals surface area contributed by atoms with Gasteiger partial charge in [0.2, 0.25) is 5.91 Å². The molecule has 2 aromatic rings. The van der Waals surface area contributed by atoms with E-state index in [9.17, 15) is 14.4 Å². The van der Waals surface area contributed by atoms with Gasteiger partial charge in [-0.05, 0) is 37.1 Å². The summed E-state index contributed by atoms with van der Waals surface area (Å²) >= 11 is 5.91. The Balaban J connectivity index is 1.75. The molecule has 0 saturated carbocycles. The van der Waals surface area contributed by atoms with Gasteiger partial charge in [0.05, 0.1) is 0 Å². The SMILES string of the molecule is C=CC(=O)NC1CCN(C(=O)c2cc(=O)c3cc(Cl)ccc3[nH]2)CC1. The molecular formula is C18H18ClN3O3. The second kappa shape index (κ2) is 7.11. The lowest BCUT2D eigenvalue weighted by Crippen LogP contribution is -2.46. The second-order valence-electron chi connectivity index (χ2n) is 6.02. The third-order valence-corrected chi connectivity index (χ3v) is 4.57. The average molecular weight is 360 g/mol. The van der Waals surface area contributed by atoms with Crippen molar-refractivity contribution in [1.82, 2.24) is 15.2 Å². The van der Waals surface area contributed by atoms with Gasteiger partial charge < -0.3 is 15.2 Å². The first-order valence-electron chi connectivity index (χ1n) is 8.02. The summed E-state index contributed by atoms with van der Waals surface area (Å²) in [4.78, 5) is 41.0. The molecule has 2 N–H and O–H groups in total. The van der Waals surface area contributed by atoms with Crippen molar-refractivity contribution in [3.63, 3.8) is 0 Å². The number of aromatic amines is 1. The van der Waals surface area contributed by atoms with E-state index in [1.165, 1.54) is 12.1 Å². The number of carbonyl (C=O) groups excluding carboxylic acids is 2. The number of fused-ring (bicyclic) bond motifs is 1. The highest BCUT2D eigenvalue weighted by Gasteiger charge is 2.25. The van der Waals surface area contributed by atoms with Crippen LogP contribution >= 0.6 is 11.6 Å². The number of carbonyl (C=O) groups is 2. The van der Waals surface area contributed by atoms with Gasteiger partial charge in [0.25, 0.3) is 5.91 Å². The zero-order chi connectivity index (χ0) is 18.0. The Morgan fingerprint density at radius 2 is 2.00 bits per heavy atom. The summed E-state index contributed by atoms with van der Waals surface area (Å²) in [6.45, 7) is 4.46. The van der Waals surface area contributed by atoms with Gasteiger partial charge in [-0.15, -0.1) is 0 Å². The third kappa shape index (κ3) is 3.74. The first kappa shape index (κ1) is 17.2. The van der Waals surface area contributed by atoms with Gasteiger partial charge in [0.15, 0.2) is 5.43 Å². The number of aromatic nitrogens is 1. The minimum absolute atomic E-state index is 0.0346. The fourth-order valence-corrected chi connectivity index (χ4v) is 3.16. The Labute approximate surface area is 149 Å². The molecule has 7 heteroatoms. The number of halogens is 1. The van der Waals surface area contributed by atoms with E-state index in [1.54, 1.807) is 23.1 Å². The van der Waals surface area contributed by atoms with Crippen molar-refractivity contribution in [3.8, 4) is 0 Å². The zero-order valence-electron chi connectivity index (χ0n) is 13.5. The van der Waals surface area contributed by atoms with Crippen molar-refractivity contribution in [2.75, 3.05) is 13.1 Å². The summed E-state index contributed by atoms with van der Waals surface area (Å²) in [6, 6.07) is 6.28. The van der Waals surface area contributed by atoms with Gasteiger partial charge in [-0.1, -0.05) is 18.2 Å². The lowest BCUT2D eigenvalue weighted by atomic mass is 10.0. The first-order valence-corrected chi connectivity index (χ1v) is 8.40. The van der Waals surface area contributed by atoms with Gasteiger partial charge in [0, 0.05) is 41.1 Å². The number of piperidine rings is 1. The smallest absolute Gasteiger partial charge is 0.270 e. The van der Waals surface area contributed by atoms with Gasteiger partial charge >= 0.3 is 0 Å². The van der Waals surface area contributed by atoms with Crippen LogP contribution in [0.5, 0.6) is 0 Å². The molecule has 1 fully saturated rings. The van der Waals surface area contributed by atoms with Gasteiger partial charge in [-0.3, -0.25) is 14.4 Å². The molecule has 1 aliphatic heterocycles. The molecular weight excluding hydrogens is 342 g/mol. The Bertz CT molecular complexity index is 898. The summed E-state index contributed by atoms with van der Waals surface area (Å²) in [5.74, 6) is -0.426. The summed E-state index contributed by atoms with van der Waals surface area (Å²) in [6.07, 6.45) is 2.57. The molecule has 0 bridgehead atoms. The van der Waals surface area contributed by atoms with Crippen LogP contribution in [0.1, 0.15) is 23.3 Å². The Morgan fingerprint density at radius 1 is 1.28 bits per heavy atom.